The average molecular weight is 589 g/mol. The summed E-state index contributed by atoms with van der Waals surface area (Å²) in [6.45, 7) is 3.86. The molecule has 0 spiro atoms. The summed E-state index contributed by atoms with van der Waals surface area (Å²) in [7, 11) is 0. The van der Waals surface area contributed by atoms with Gasteiger partial charge in [0.25, 0.3) is 5.78 Å². The molecule has 1 saturated heterocycles. The molecule has 41 heavy (non-hydrogen) atoms. The number of aliphatic hydroxyl groups is 1. The van der Waals surface area contributed by atoms with E-state index in [-0.39, 0.29) is 27.9 Å². The first-order valence-electron chi connectivity index (χ1n) is 12.8. The van der Waals surface area contributed by atoms with Gasteiger partial charge >= 0.3 is 11.9 Å². The maximum atomic E-state index is 13.4. The van der Waals surface area contributed by atoms with E-state index in [4.69, 9.17) is 21.1 Å². The molecule has 1 aromatic heterocycles. The molecular formula is C31H25ClN2O6S. The molecule has 8 nitrogen and oxygen atoms in total. The molecule has 208 valence electrons. The Hall–Kier alpha value is -4.47. The fourth-order valence-corrected chi connectivity index (χ4v) is 5.58. The molecule has 1 unspecified atom stereocenters. The first kappa shape index (κ1) is 28.1. The number of aryl methyl sites for hydroxylation is 1. The van der Waals surface area contributed by atoms with Crippen LogP contribution < -0.4 is 9.64 Å². The van der Waals surface area contributed by atoms with E-state index in [1.165, 1.54) is 4.90 Å². The Labute approximate surface area is 245 Å². The van der Waals surface area contributed by atoms with Gasteiger partial charge in [-0.05, 0) is 61.4 Å². The number of benzene rings is 3. The maximum absolute atomic E-state index is 13.4. The summed E-state index contributed by atoms with van der Waals surface area (Å²) in [5.74, 6) is -2.09. The van der Waals surface area contributed by atoms with Gasteiger partial charge in [0.15, 0.2) is 5.13 Å². The van der Waals surface area contributed by atoms with Crippen LogP contribution in [0.25, 0.3) is 5.76 Å². The van der Waals surface area contributed by atoms with Crippen LogP contribution in [0.1, 0.15) is 45.0 Å². The van der Waals surface area contributed by atoms with Gasteiger partial charge in [0, 0.05) is 10.6 Å². The standard InChI is InChI=1S/C31H25ClN2O6S/c1-3-39-30(38)28-18(2)33-31(41-28)34-25(20-9-13-22(32)14-10-20)24(27(36)29(34)37)26(35)21-11-15-23(16-12-21)40-17-19-7-5-4-6-8-19/h4-16,25,35H,3,17H2,1-2H3/b26-24+. The molecule has 0 radical (unpaired) electrons. The molecule has 4 aromatic rings. The number of thiazole rings is 1. The zero-order valence-corrected chi connectivity index (χ0v) is 23.7. The normalized spacial score (nSPS) is 16.2. The lowest BCUT2D eigenvalue weighted by molar-refractivity contribution is -0.132. The van der Waals surface area contributed by atoms with Gasteiger partial charge in [-0.25, -0.2) is 9.78 Å². The largest absolute Gasteiger partial charge is 0.507 e. The molecule has 1 N–H and O–H groups in total. The Balaban J connectivity index is 1.53. The van der Waals surface area contributed by atoms with Crippen LogP contribution in [0.4, 0.5) is 5.13 Å². The van der Waals surface area contributed by atoms with Gasteiger partial charge in [-0.3, -0.25) is 14.5 Å². The van der Waals surface area contributed by atoms with Crippen molar-refractivity contribution in [3.8, 4) is 5.75 Å². The van der Waals surface area contributed by atoms with E-state index in [2.05, 4.69) is 4.98 Å². The van der Waals surface area contributed by atoms with Gasteiger partial charge in [0.2, 0.25) is 0 Å². The zero-order valence-electron chi connectivity index (χ0n) is 22.2. The number of amides is 1. The molecular weight excluding hydrogens is 564 g/mol. The smallest absolute Gasteiger partial charge is 0.350 e. The molecule has 0 bridgehead atoms. The summed E-state index contributed by atoms with van der Waals surface area (Å²) >= 11 is 7.06. The van der Waals surface area contributed by atoms with Gasteiger partial charge in [-0.2, -0.15) is 0 Å². The van der Waals surface area contributed by atoms with Crippen LogP contribution in [0.5, 0.6) is 5.75 Å². The molecule has 10 heteroatoms. The van der Waals surface area contributed by atoms with E-state index in [1.54, 1.807) is 62.4 Å². The second kappa shape index (κ2) is 12.0. The Bertz CT molecular complexity index is 1630. The van der Waals surface area contributed by atoms with Crippen molar-refractivity contribution < 1.29 is 29.0 Å². The number of ether oxygens (including phenoxy) is 2. The number of ketones is 1. The van der Waals surface area contributed by atoms with Crippen molar-refractivity contribution in [2.75, 3.05) is 11.5 Å². The third-order valence-corrected chi connectivity index (χ3v) is 7.85. The van der Waals surface area contributed by atoms with E-state index < -0.39 is 23.7 Å². The third-order valence-electron chi connectivity index (χ3n) is 6.46. The molecule has 3 aromatic carbocycles. The van der Waals surface area contributed by atoms with Crippen LogP contribution in [0.2, 0.25) is 5.02 Å². The highest BCUT2D eigenvalue weighted by Crippen LogP contribution is 2.44. The van der Waals surface area contributed by atoms with Crippen LogP contribution in [-0.2, 0) is 20.9 Å². The molecule has 1 aliphatic heterocycles. The molecule has 1 amide bonds. The van der Waals surface area contributed by atoms with Crippen molar-refractivity contribution in [1.82, 2.24) is 4.98 Å². The van der Waals surface area contributed by atoms with Gasteiger partial charge in [-0.15, -0.1) is 0 Å². The first-order chi connectivity index (χ1) is 19.8. The second-order valence-electron chi connectivity index (χ2n) is 9.15. The lowest BCUT2D eigenvalue weighted by atomic mass is 9.95. The van der Waals surface area contributed by atoms with Crippen LogP contribution in [0.15, 0.2) is 84.4 Å². The Morgan fingerprint density at radius 2 is 1.71 bits per heavy atom. The third kappa shape index (κ3) is 5.73. The van der Waals surface area contributed by atoms with E-state index in [1.807, 2.05) is 30.3 Å². The summed E-state index contributed by atoms with van der Waals surface area (Å²) in [4.78, 5) is 45.2. The number of hydrogen-bond acceptors (Lipinski definition) is 8. The van der Waals surface area contributed by atoms with Crippen LogP contribution >= 0.6 is 22.9 Å². The number of carbonyl (C=O) groups excluding carboxylic acids is 3. The number of aliphatic hydroxyl groups excluding tert-OH is 1. The van der Waals surface area contributed by atoms with E-state index in [0.717, 1.165) is 16.9 Å². The molecule has 2 heterocycles. The van der Waals surface area contributed by atoms with Gasteiger partial charge in [0.05, 0.1) is 23.9 Å². The van der Waals surface area contributed by atoms with Crippen molar-refractivity contribution in [3.05, 3.63) is 117 Å². The minimum atomic E-state index is -1.01. The number of rotatable bonds is 8. The number of halogens is 1. The summed E-state index contributed by atoms with van der Waals surface area (Å²) in [5.41, 5.74) is 2.12. The Kier molecular flexibility index (Phi) is 8.19. The predicted molar refractivity (Wildman–Crippen MR) is 156 cm³/mol. The summed E-state index contributed by atoms with van der Waals surface area (Å²) < 4.78 is 10.9. The average Bonchev–Trinajstić information content (AvgIpc) is 3.49. The predicted octanol–water partition coefficient (Wildman–Crippen LogP) is 6.49. The number of nitrogens with zero attached hydrogens (tertiary/aromatic N) is 2. The number of Topliss-reactive ketones (excluding diaryl/α,β-unsaturated/α-hetero) is 1. The van der Waals surface area contributed by atoms with Crippen LogP contribution in [0.3, 0.4) is 0 Å². The number of carbonyl (C=O) groups is 3. The topological polar surface area (TPSA) is 106 Å². The van der Waals surface area contributed by atoms with Crippen molar-refractivity contribution in [3.63, 3.8) is 0 Å². The van der Waals surface area contributed by atoms with Crippen molar-refractivity contribution in [1.29, 1.82) is 0 Å². The monoisotopic (exact) mass is 588 g/mol. The van der Waals surface area contributed by atoms with Crippen molar-refractivity contribution in [2.24, 2.45) is 0 Å². The highest BCUT2D eigenvalue weighted by Gasteiger charge is 2.48. The zero-order chi connectivity index (χ0) is 29.1. The lowest BCUT2D eigenvalue weighted by Gasteiger charge is -2.23. The maximum Gasteiger partial charge on any atom is 0.350 e. The Morgan fingerprint density at radius 1 is 1.02 bits per heavy atom. The molecule has 0 aliphatic carbocycles. The van der Waals surface area contributed by atoms with Crippen LogP contribution in [0, 0.1) is 6.92 Å². The van der Waals surface area contributed by atoms with E-state index >= 15 is 0 Å². The first-order valence-corrected chi connectivity index (χ1v) is 14.0. The van der Waals surface area contributed by atoms with Crippen LogP contribution in [-0.4, -0.2) is 34.4 Å². The minimum Gasteiger partial charge on any atom is -0.507 e. The number of esters is 1. The molecule has 5 rings (SSSR count). The summed E-state index contributed by atoms with van der Waals surface area (Å²) in [6.07, 6.45) is 0. The highest BCUT2D eigenvalue weighted by molar-refractivity contribution is 7.17. The quantitative estimate of drug-likeness (QED) is 0.109. The fraction of sp³-hybridized carbons (Fsp3) is 0.161. The number of aromatic nitrogens is 1. The minimum absolute atomic E-state index is 0.110. The molecule has 1 aliphatic rings. The van der Waals surface area contributed by atoms with E-state index in [0.29, 0.717) is 34.2 Å². The van der Waals surface area contributed by atoms with E-state index in [9.17, 15) is 19.5 Å². The molecule has 0 saturated carbocycles. The summed E-state index contributed by atoms with van der Waals surface area (Å²) in [6, 6.07) is 21.9. The Morgan fingerprint density at radius 3 is 2.37 bits per heavy atom. The van der Waals surface area contributed by atoms with Crippen molar-refractivity contribution in [2.45, 2.75) is 26.5 Å². The fourth-order valence-electron chi connectivity index (χ4n) is 4.47. The number of hydrogen-bond donors (Lipinski definition) is 1. The molecule has 1 atom stereocenters. The SMILES string of the molecule is CCOC(=O)c1sc(N2C(=O)C(=O)/C(=C(/O)c3ccc(OCc4ccccc4)cc3)C2c2ccc(Cl)cc2)nc1C. The molecule has 1 fully saturated rings. The highest BCUT2D eigenvalue weighted by atomic mass is 35.5. The second-order valence-corrected chi connectivity index (χ2v) is 10.6. The lowest BCUT2D eigenvalue weighted by Crippen LogP contribution is -2.29. The van der Waals surface area contributed by atoms with Gasteiger partial charge in [0.1, 0.15) is 23.0 Å². The van der Waals surface area contributed by atoms with Gasteiger partial charge in [-0.1, -0.05) is 65.4 Å². The number of anilines is 1. The summed E-state index contributed by atoms with van der Waals surface area (Å²) in [5, 5.41) is 12.0. The van der Waals surface area contributed by atoms with Crippen molar-refractivity contribution >= 4 is 51.5 Å². The van der Waals surface area contributed by atoms with Gasteiger partial charge < -0.3 is 14.6 Å².